The van der Waals surface area contributed by atoms with E-state index < -0.39 is 17.6 Å². The molecule has 2 N–H and O–H groups in total. The van der Waals surface area contributed by atoms with E-state index in [2.05, 4.69) is 5.32 Å². The molecule has 100 valence electrons. The molecule has 1 aliphatic carbocycles. The molecule has 1 aromatic rings. The van der Waals surface area contributed by atoms with Crippen molar-refractivity contribution in [2.24, 2.45) is 0 Å². The van der Waals surface area contributed by atoms with Gasteiger partial charge in [0.25, 0.3) is 11.8 Å². The lowest BCUT2D eigenvalue weighted by molar-refractivity contribution is -0.151. The fourth-order valence-corrected chi connectivity index (χ4v) is 2.41. The number of nitrogens with zero attached hydrogens (tertiary/aromatic N) is 1. The molecule has 1 aliphatic heterocycles. The van der Waals surface area contributed by atoms with Crippen LogP contribution in [0.3, 0.4) is 0 Å². The number of anilines is 1. The maximum Gasteiger partial charge on any atom is 0.252 e. The van der Waals surface area contributed by atoms with E-state index >= 15 is 0 Å². The van der Waals surface area contributed by atoms with Gasteiger partial charge < -0.3 is 15.3 Å². The second kappa shape index (κ2) is 4.35. The van der Waals surface area contributed by atoms with Crippen molar-refractivity contribution in [1.29, 1.82) is 0 Å². The lowest BCUT2D eigenvalue weighted by atomic mass is 9.79. The summed E-state index contributed by atoms with van der Waals surface area (Å²) in [6, 6.07) is 8.83. The summed E-state index contributed by atoms with van der Waals surface area (Å²) >= 11 is 0. The molecule has 1 atom stereocenters. The molecular formula is C14H16N2O3. The van der Waals surface area contributed by atoms with Gasteiger partial charge in [0.2, 0.25) is 0 Å². The summed E-state index contributed by atoms with van der Waals surface area (Å²) in [4.78, 5) is 25.4. The van der Waals surface area contributed by atoms with Crippen LogP contribution in [0.1, 0.15) is 19.3 Å². The predicted octanol–water partition coefficient (Wildman–Crippen LogP) is 0.433. The molecule has 0 bridgehead atoms. The van der Waals surface area contributed by atoms with Crippen LogP contribution in [0.15, 0.2) is 30.3 Å². The zero-order valence-corrected chi connectivity index (χ0v) is 10.5. The van der Waals surface area contributed by atoms with E-state index in [0.717, 1.165) is 12.1 Å². The molecule has 5 heteroatoms. The first-order valence-corrected chi connectivity index (χ1v) is 6.50. The van der Waals surface area contributed by atoms with Crippen LogP contribution in [0.2, 0.25) is 0 Å². The van der Waals surface area contributed by atoms with E-state index in [1.165, 1.54) is 0 Å². The summed E-state index contributed by atoms with van der Waals surface area (Å²) < 4.78 is 0. The number of aliphatic hydroxyl groups is 1. The molecule has 0 aromatic heterocycles. The Morgan fingerprint density at radius 3 is 2.53 bits per heavy atom. The van der Waals surface area contributed by atoms with Gasteiger partial charge in [-0.25, -0.2) is 0 Å². The van der Waals surface area contributed by atoms with Gasteiger partial charge in [0, 0.05) is 5.69 Å². The smallest absolute Gasteiger partial charge is 0.252 e. The highest BCUT2D eigenvalue weighted by Gasteiger charge is 2.46. The Bertz CT molecular complexity index is 511. The molecule has 2 aliphatic rings. The zero-order chi connectivity index (χ0) is 13.5. The molecular weight excluding hydrogens is 244 g/mol. The number of amides is 2. The molecule has 1 aromatic carbocycles. The molecule has 0 spiro atoms. The monoisotopic (exact) mass is 260 g/mol. The minimum Gasteiger partial charge on any atom is -0.380 e. The van der Waals surface area contributed by atoms with E-state index in [9.17, 15) is 14.7 Å². The second-order valence-electron chi connectivity index (χ2n) is 5.20. The SMILES string of the molecule is O=C1[C@@H](NC(=O)C2(O)CCC2)CN1c1ccccc1. The summed E-state index contributed by atoms with van der Waals surface area (Å²) in [7, 11) is 0. The standard InChI is InChI=1S/C14H16N2O3/c17-12-11(15-13(18)14(19)7-4-8-14)9-16(12)10-5-2-1-3-6-10/h1-3,5-6,11,19H,4,7-9H2,(H,15,18)/t11-/m0/s1. The van der Waals surface area contributed by atoms with Crippen molar-refractivity contribution >= 4 is 17.5 Å². The first-order chi connectivity index (χ1) is 9.10. The second-order valence-corrected chi connectivity index (χ2v) is 5.20. The topological polar surface area (TPSA) is 69.6 Å². The molecule has 19 heavy (non-hydrogen) atoms. The number of hydrogen-bond acceptors (Lipinski definition) is 3. The Balaban J connectivity index is 1.59. The average molecular weight is 260 g/mol. The largest absolute Gasteiger partial charge is 0.380 e. The molecule has 3 rings (SSSR count). The fourth-order valence-electron chi connectivity index (χ4n) is 2.41. The highest BCUT2D eigenvalue weighted by Crippen LogP contribution is 2.32. The lowest BCUT2D eigenvalue weighted by Crippen LogP contribution is -2.67. The summed E-state index contributed by atoms with van der Waals surface area (Å²) in [5.41, 5.74) is -0.409. The van der Waals surface area contributed by atoms with Crippen LogP contribution in [-0.4, -0.2) is 35.1 Å². The average Bonchev–Trinajstić information content (AvgIpc) is 2.40. The van der Waals surface area contributed by atoms with Crippen LogP contribution in [0.25, 0.3) is 0 Å². The van der Waals surface area contributed by atoms with Crippen LogP contribution in [-0.2, 0) is 9.59 Å². The third-order valence-electron chi connectivity index (χ3n) is 3.91. The number of carbonyl (C=O) groups excluding carboxylic acids is 2. The molecule has 5 nitrogen and oxygen atoms in total. The third kappa shape index (κ3) is 2.00. The summed E-state index contributed by atoms with van der Waals surface area (Å²) in [5.74, 6) is -0.535. The molecule has 1 heterocycles. The highest BCUT2D eigenvalue weighted by atomic mass is 16.3. The Morgan fingerprint density at radius 2 is 2.00 bits per heavy atom. The van der Waals surface area contributed by atoms with Gasteiger partial charge >= 0.3 is 0 Å². The Morgan fingerprint density at radius 1 is 1.32 bits per heavy atom. The van der Waals surface area contributed by atoms with Crippen molar-refractivity contribution in [2.75, 3.05) is 11.4 Å². The van der Waals surface area contributed by atoms with Crippen LogP contribution in [0.5, 0.6) is 0 Å². The fraction of sp³-hybridized carbons (Fsp3) is 0.429. The molecule has 0 radical (unpaired) electrons. The first-order valence-electron chi connectivity index (χ1n) is 6.50. The lowest BCUT2D eigenvalue weighted by Gasteiger charge is -2.41. The number of hydrogen-bond donors (Lipinski definition) is 2. The molecule has 2 fully saturated rings. The normalized spacial score (nSPS) is 24.4. The van der Waals surface area contributed by atoms with Crippen LogP contribution in [0.4, 0.5) is 5.69 Å². The van der Waals surface area contributed by atoms with E-state index in [1.54, 1.807) is 4.90 Å². The van der Waals surface area contributed by atoms with Crippen molar-refractivity contribution in [3.63, 3.8) is 0 Å². The van der Waals surface area contributed by atoms with E-state index in [-0.39, 0.29) is 5.91 Å². The van der Waals surface area contributed by atoms with Crippen molar-refractivity contribution in [2.45, 2.75) is 30.9 Å². The summed E-state index contributed by atoms with van der Waals surface area (Å²) in [5, 5.41) is 12.5. The van der Waals surface area contributed by atoms with Gasteiger partial charge in [-0.2, -0.15) is 0 Å². The molecule has 1 saturated heterocycles. The van der Waals surface area contributed by atoms with Gasteiger partial charge in [0.15, 0.2) is 0 Å². The van der Waals surface area contributed by atoms with Gasteiger partial charge in [-0.1, -0.05) is 18.2 Å². The van der Waals surface area contributed by atoms with Gasteiger partial charge in [-0.05, 0) is 31.4 Å². The number of benzene rings is 1. The maximum atomic E-state index is 12.0. The Labute approximate surface area is 111 Å². The molecule has 2 amide bonds. The number of β-lactam (4-membered cyclic amide) rings is 1. The summed E-state index contributed by atoms with van der Waals surface area (Å²) in [6.07, 6.45) is 1.84. The minimum absolute atomic E-state index is 0.123. The van der Waals surface area contributed by atoms with Gasteiger partial charge in [0.05, 0.1) is 6.54 Å². The first kappa shape index (κ1) is 12.2. The van der Waals surface area contributed by atoms with Gasteiger partial charge in [-0.15, -0.1) is 0 Å². The van der Waals surface area contributed by atoms with E-state index in [4.69, 9.17) is 0 Å². The minimum atomic E-state index is -1.24. The van der Waals surface area contributed by atoms with E-state index in [1.807, 2.05) is 30.3 Å². The van der Waals surface area contributed by atoms with Crippen molar-refractivity contribution < 1.29 is 14.7 Å². The molecule has 1 saturated carbocycles. The van der Waals surface area contributed by atoms with Gasteiger partial charge in [0.1, 0.15) is 11.6 Å². The number of carbonyl (C=O) groups is 2. The Kier molecular flexibility index (Phi) is 2.78. The maximum absolute atomic E-state index is 12.0. The predicted molar refractivity (Wildman–Crippen MR) is 69.5 cm³/mol. The quantitative estimate of drug-likeness (QED) is 0.774. The number of para-hydroxylation sites is 1. The van der Waals surface area contributed by atoms with Crippen molar-refractivity contribution in [3.8, 4) is 0 Å². The summed E-state index contributed by atoms with van der Waals surface area (Å²) in [6.45, 7) is 0.463. The number of nitrogens with one attached hydrogen (secondary N) is 1. The van der Waals surface area contributed by atoms with Gasteiger partial charge in [-0.3, -0.25) is 9.59 Å². The van der Waals surface area contributed by atoms with E-state index in [0.29, 0.717) is 19.4 Å². The highest BCUT2D eigenvalue weighted by molar-refractivity contribution is 6.06. The number of rotatable bonds is 3. The van der Waals surface area contributed by atoms with Crippen LogP contribution < -0.4 is 10.2 Å². The molecule has 0 unspecified atom stereocenters. The zero-order valence-electron chi connectivity index (χ0n) is 10.5. The van der Waals surface area contributed by atoms with Crippen molar-refractivity contribution in [1.82, 2.24) is 5.32 Å². The van der Waals surface area contributed by atoms with Crippen molar-refractivity contribution in [3.05, 3.63) is 30.3 Å². The Hall–Kier alpha value is -1.88. The van der Waals surface area contributed by atoms with Crippen LogP contribution >= 0.6 is 0 Å². The third-order valence-corrected chi connectivity index (χ3v) is 3.91. The van der Waals surface area contributed by atoms with Crippen LogP contribution in [0, 0.1) is 0 Å².